The standard InChI is InChI=1S/C21H29N3O3/c1-6-22-21(24-15(2)16-10-8-7-9-11-16)23-14-17-12-19(26-4)20(27-5)13-18(17)25-3/h7-13,15H,6,14H2,1-5H3,(H2,22,23,24). The summed E-state index contributed by atoms with van der Waals surface area (Å²) in [6.45, 7) is 5.37. The van der Waals surface area contributed by atoms with Crippen molar-refractivity contribution >= 4 is 5.96 Å². The van der Waals surface area contributed by atoms with E-state index in [2.05, 4.69) is 29.7 Å². The Balaban J connectivity index is 2.21. The Bertz CT molecular complexity index is 748. The highest BCUT2D eigenvalue weighted by Gasteiger charge is 2.12. The Kier molecular flexibility index (Phi) is 7.79. The van der Waals surface area contributed by atoms with Gasteiger partial charge in [0.2, 0.25) is 0 Å². The molecule has 2 aromatic rings. The van der Waals surface area contributed by atoms with Crippen molar-refractivity contribution in [2.45, 2.75) is 26.4 Å². The van der Waals surface area contributed by atoms with Crippen LogP contribution in [0.1, 0.15) is 31.0 Å². The predicted molar refractivity (Wildman–Crippen MR) is 109 cm³/mol. The molecule has 2 N–H and O–H groups in total. The van der Waals surface area contributed by atoms with Crippen LogP contribution in [-0.2, 0) is 6.54 Å². The van der Waals surface area contributed by atoms with Crippen molar-refractivity contribution in [1.82, 2.24) is 10.6 Å². The summed E-state index contributed by atoms with van der Waals surface area (Å²) in [5.41, 5.74) is 2.12. The van der Waals surface area contributed by atoms with Crippen molar-refractivity contribution in [2.24, 2.45) is 4.99 Å². The number of nitrogens with one attached hydrogen (secondary N) is 2. The number of methoxy groups -OCH3 is 3. The third-order valence-electron chi connectivity index (χ3n) is 4.19. The van der Waals surface area contributed by atoms with Gasteiger partial charge in [-0.05, 0) is 25.5 Å². The molecule has 6 heteroatoms. The summed E-state index contributed by atoms with van der Waals surface area (Å²) in [6.07, 6.45) is 0. The summed E-state index contributed by atoms with van der Waals surface area (Å²) in [4.78, 5) is 4.71. The number of guanidine groups is 1. The zero-order valence-corrected chi connectivity index (χ0v) is 16.7. The molecule has 0 spiro atoms. The van der Waals surface area contributed by atoms with Crippen LogP contribution in [-0.4, -0.2) is 33.8 Å². The maximum atomic E-state index is 5.48. The van der Waals surface area contributed by atoms with Gasteiger partial charge in [0.05, 0.1) is 33.9 Å². The maximum Gasteiger partial charge on any atom is 0.192 e. The van der Waals surface area contributed by atoms with Gasteiger partial charge in [0.15, 0.2) is 17.5 Å². The van der Waals surface area contributed by atoms with Gasteiger partial charge in [0.1, 0.15) is 5.75 Å². The van der Waals surface area contributed by atoms with Gasteiger partial charge in [-0.25, -0.2) is 4.99 Å². The number of aliphatic imine (C=N–C) groups is 1. The van der Waals surface area contributed by atoms with Gasteiger partial charge in [0.25, 0.3) is 0 Å². The molecule has 0 fully saturated rings. The molecular weight excluding hydrogens is 342 g/mol. The molecule has 0 aromatic heterocycles. The van der Waals surface area contributed by atoms with Gasteiger partial charge in [0, 0.05) is 18.2 Å². The van der Waals surface area contributed by atoms with Crippen LogP contribution in [0, 0.1) is 0 Å². The molecule has 0 aliphatic carbocycles. The smallest absolute Gasteiger partial charge is 0.192 e. The summed E-state index contributed by atoms with van der Waals surface area (Å²) in [5, 5.41) is 6.72. The largest absolute Gasteiger partial charge is 0.496 e. The SMILES string of the molecule is CCNC(=NCc1cc(OC)c(OC)cc1OC)NC(C)c1ccccc1. The van der Waals surface area contributed by atoms with Crippen molar-refractivity contribution in [2.75, 3.05) is 27.9 Å². The van der Waals surface area contributed by atoms with E-state index in [0.717, 1.165) is 18.1 Å². The monoisotopic (exact) mass is 371 g/mol. The summed E-state index contributed by atoms with van der Waals surface area (Å²) in [7, 11) is 4.85. The van der Waals surface area contributed by atoms with Crippen LogP contribution in [0.3, 0.4) is 0 Å². The van der Waals surface area contributed by atoms with E-state index < -0.39 is 0 Å². The molecule has 0 saturated carbocycles. The van der Waals surface area contributed by atoms with E-state index in [-0.39, 0.29) is 6.04 Å². The van der Waals surface area contributed by atoms with Crippen LogP contribution < -0.4 is 24.8 Å². The second kappa shape index (κ2) is 10.3. The Hall–Kier alpha value is -2.89. The topological polar surface area (TPSA) is 64.1 Å². The number of hydrogen-bond donors (Lipinski definition) is 2. The zero-order valence-electron chi connectivity index (χ0n) is 16.7. The summed E-state index contributed by atoms with van der Waals surface area (Å²) < 4.78 is 16.2. The highest BCUT2D eigenvalue weighted by Crippen LogP contribution is 2.34. The third kappa shape index (κ3) is 5.54. The third-order valence-corrected chi connectivity index (χ3v) is 4.19. The summed E-state index contributed by atoms with van der Waals surface area (Å²) in [5.74, 6) is 2.73. The summed E-state index contributed by atoms with van der Waals surface area (Å²) >= 11 is 0. The average Bonchev–Trinajstić information content (AvgIpc) is 2.71. The molecule has 0 bridgehead atoms. The van der Waals surface area contributed by atoms with Crippen LogP contribution in [0.5, 0.6) is 17.2 Å². The van der Waals surface area contributed by atoms with Crippen molar-refractivity contribution < 1.29 is 14.2 Å². The lowest BCUT2D eigenvalue weighted by molar-refractivity contribution is 0.347. The quantitative estimate of drug-likeness (QED) is 0.549. The van der Waals surface area contributed by atoms with E-state index in [1.165, 1.54) is 5.56 Å². The fourth-order valence-electron chi connectivity index (χ4n) is 2.73. The fourth-order valence-corrected chi connectivity index (χ4v) is 2.73. The molecule has 0 aliphatic heterocycles. The molecule has 2 aromatic carbocycles. The fraction of sp³-hybridized carbons (Fsp3) is 0.381. The van der Waals surface area contributed by atoms with Gasteiger partial charge in [-0.1, -0.05) is 30.3 Å². The van der Waals surface area contributed by atoms with Crippen LogP contribution >= 0.6 is 0 Å². The molecule has 1 unspecified atom stereocenters. The highest BCUT2D eigenvalue weighted by atomic mass is 16.5. The molecule has 146 valence electrons. The van der Waals surface area contributed by atoms with Gasteiger partial charge in [-0.15, -0.1) is 0 Å². The molecule has 0 radical (unpaired) electrons. The predicted octanol–water partition coefficient (Wildman–Crippen LogP) is 3.53. The number of ether oxygens (including phenoxy) is 3. The van der Waals surface area contributed by atoms with E-state index in [0.29, 0.717) is 23.8 Å². The molecule has 27 heavy (non-hydrogen) atoms. The van der Waals surface area contributed by atoms with Gasteiger partial charge >= 0.3 is 0 Å². The average molecular weight is 371 g/mol. The zero-order chi connectivity index (χ0) is 19.6. The molecular formula is C21H29N3O3. The lowest BCUT2D eigenvalue weighted by Crippen LogP contribution is -2.38. The van der Waals surface area contributed by atoms with Crippen LogP contribution in [0.4, 0.5) is 0 Å². The second-order valence-electron chi connectivity index (χ2n) is 5.99. The number of nitrogens with zero attached hydrogens (tertiary/aromatic N) is 1. The first-order valence-electron chi connectivity index (χ1n) is 9.01. The first-order chi connectivity index (χ1) is 13.1. The van der Waals surface area contributed by atoms with Gasteiger partial charge in [-0.2, -0.15) is 0 Å². The molecule has 1 atom stereocenters. The van der Waals surface area contributed by atoms with Crippen LogP contribution in [0.2, 0.25) is 0 Å². The van der Waals surface area contributed by atoms with E-state index in [9.17, 15) is 0 Å². The maximum absolute atomic E-state index is 5.48. The first kappa shape index (κ1) is 20.4. The van der Waals surface area contributed by atoms with E-state index >= 15 is 0 Å². The molecule has 0 heterocycles. The second-order valence-corrected chi connectivity index (χ2v) is 5.99. The normalized spacial score (nSPS) is 12.3. The van der Waals surface area contributed by atoms with Gasteiger partial charge in [-0.3, -0.25) is 0 Å². The highest BCUT2D eigenvalue weighted by molar-refractivity contribution is 5.80. The molecule has 0 amide bonds. The summed E-state index contributed by atoms with van der Waals surface area (Å²) in [6, 6.07) is 14.1. The Morgan fingerprint density at radius 2 is 1.59 bits per heavy atom. The number of rotatable bonds is 8. The van der Waals surface area contributed by atoms with Crippen molar-refractivity contribution in [3.8, 4) is 17.2 Å². The lowest BCUT2D eigenvalue weighted by atomic mass is 10.1. The minimum absolute atomic E-state index is 0.135. The molecule has 6 nitrogen and oxygen atoms in total. The van der Waals surface area contributed by atoms with Crippen LogP contribution in [0.15, 0.2) is 47.5 Å². The molecule has 0 saturated heterocycles. The van der Waals surface area contributed by atoms with Gasteiger partial charge < -0.3 is 24.8 Å². The minimum atomic E-state index is 0.135. The first-order valence-corrected chi connectivity index (χ1v) is 9.01. The number of benzene rings is 2. The van der Waals surface area contributed by atoms with Crippen molar-refractivity contribution in [3.05, 3.63) is 53.6 Å². The molecule has 2 rings (SSSR count). The Morgan fingerprint density at radius 3 is 2.19 bits per heavy atom. The van der Waals surface area contributed by atoms with E-state index in [1.807, 2.05) is 37.3 Å². The molecule has 0 aliphatic rings. The van der Waals surface area contributed by atoms with E-state index in [1.54, 1.807) is 21.3 Å². The minimum Gasteiger partial charge on any atom is -0.496 e. The Morgan fingerprint density at radius 1 is 0.963 bits per heavy atom. The van der Waals surface area contributed by atoms with Crippen molar-refractivity contribution in [1.29, 1.82) is 0 Å². The Labute approximate surface area is 161 Å². The van der Waals surface area contributed by atoms with Crippen LogP contribution in [0.25, 0.3) is 0 Å². The van der Waals surface area contributed by atoms with E-state index in [4.69, 9.17) is 19.2 Å². The lowest BCUT2D eigenvalue weighted by Gasteiger charge is -2.18. The van der Waals surface area contributed by atoms with Crippen molar-refractivity contribution in [3.63, 3.8) is 0 Å². The number of hydrogen-bond acceptors (Lipinski definition) is 4.